The predicted molar refractivity (Wildman–Crippen MR) is 71.8 cm³/mol. The Kier molecular flexibility index (Phi) is 3.22. The highest BCUT2D eigenvalue weighted by molar-refractivity contribution is 5.79. The Morgan fingerprint density at radius 1 is 1.30 bits per heavy atom. The first-order chi connectivity index (χ1) is 9.65. The zero-order valence-electron chi connectivity index (χ0n) is 10.9. The van der Waals surface area contributed by atoms with Gasteiger partial charge in [0.2, 0.25) is 5.91 Å². The first-order valence-electron chi connectivity index (χ1n) is 6.57. The lowest BCUT2D eigenvalue weighted by Crippen LogP contribution is -2.34. The molecule has 104 valence electrons. The zero-order valence-corrected chi connectivity index (χ0v) is 10.9. The van der Waals surface area contributed by atoms with Crippen LogP contribution in [0.15, 0.2) is 29.3 Å². The van der Waals surface area contributed by atoms with E-state index in [-0.39, 0.29) is 18.0 Å². The van der Waals surface area contributed by atoms with Crippen molar-refractivity contribution in [3.05, 3.63) is 40.7 Å². The maximum Gasteiger partial charge on any atom is 0.261 e. The standard InChI is InChI=1S/C14H14FN3O2/c15-10-3-4-11-12(7-10)16-9-18(14(11)20)8-13(19)17-5-1-2-6-17/h3-4,7,9H,1-2,5-6,8H2. The van der Waals surface area contributed by atoms with E-state index < -0.39 is 5.82 Å². The lowest BCUT2D eigenvalue weighted by atomic mass is 10.2. The van der Waals surface area contributed by atoms with Gasteiger partial charge in [-0.2, -0.15) is 0 Å². The summed E-state index contributed by atoms with van der Waals surface area (Å²) in [5, 5.41) is 0.322. The molecule has 1 aliphatic heterocycles. The Labute approximate surface area is 114 Å². The maximum absolute atomic E-state index is 13.1. The number of nitrogens with zero attached hydrogens (tertiary/aromatic N) is 3. The third-order valence-corrected chi connectivity index (χ3v) is 3.55. The normalized spacial score (nSPS) is 14.9. The summed E-state index contributed by atoms with van der Waals surface area (Å²) in [7, 11) is 0. The molecule has 1 fully saturated rings. The summed E-state index contributed by atoms with van der Waals surface area (Å²) >= 11 is 0. The quantitative estimate of drug-likeness (QED) is 0.826. The molecule has 1 amide bonds. The first-order valence-corrected chi connectivity index (χ1v) is 6.57. The molecule has 0 bridgehead atoms. The van der Waals surface area contributed by atoms with Crippen molar-refractivity contribution in [2.24, 2.45) is 0 Å². The second kappa shape index (κ2) is 5.03. The van der Waals surface area contributed by atoms with Crippen molar-refractivity contribution < 1.29 is 9.18 Å². The van der Waals surface area contributed by atoms with Gasteiger partial charge >= 0.3 is 0 Å². The van der Waals surface area contributed by atoms with Gasteiger partial charge in [0.05, 0.1) is 17.2 Å². The van der Waals surface area contributed by atoms with Crippen LogP contribution in [0.5, 0.6) is 0 Å². The molecule has 0 atom stereocenters. The summed E-state index contributed by atoms with van der Waals surface area (Å²) in [6, 6.07) is 3.83. The van der Waals surface area contributed by atoms with Gasteiger partial charge in [-0.05, 0) is 25.0 Å². The Morgan fingerprint density at radius 2 is 2.05 bits per heavy atom. The second-order valence-corrected chi connectivity index (χ2v) is 4.93. The lowest BCUT2D eigenvalue weighted by Gasteiger charge is -2.15. The Bertz CT molecular complexity index is 720. The highest BCUT2D eigenvalue weighted by Gasteiger charge is 2.18. The van der Waals surface area contributed by atoms with Crippen LogP contribution in [-0.2, 0) is 11.3 Å². The molecule has 0 unspecified atom stereocenters. The van der Waals surface area contributed by atoms with E-state index in [0.29, 0.717) is 10.9 Å². The Morgan fingerprint density at radius 3 is 2.80 bits per heavy atom. The van der Waals surface area contributed by atoms with Gasteiger partial charge in [0.25, 0.3) is 5.56 Å². The molecule has 0 saturated carbocycles. The fourth-order valence-electron chi connectivity index (χ4n) is 2.46. The van der Waals surface area contributed by atoms with Crippen molar-refractivity contribution in [2.75, 3.05) is 13.1 Å². The van der Waals surface area contributed by atoms with E-state index in [9.17, 15) is 14.0 Å². The Balaban J connectivity index is 1.92. The number of benzene rings is 1. The average Bonchev–Trinajstić information content (AvgIpc) is 2.96. The van der Waals surface area contributed by atoms with E-state index in [2.05, 4.69) is 4.98 Å². The van der Waals surface area contributed by atoms with Crippen LogP contribution >= 0.6 is 0 Å². The smallest absolute Gasteiger partial charge is 0.261 e. The van der Waals surface area contributed by atoms with Crippen LogP contribution in [0.25, 0.3) is 10.9 Å². The molecule has 2 aromatic rings. The number of amides is 1. The molecule has 3 rings (SSSR count). The van der Waals surface area contributed by atoms with Crippen molar-refractivity contribution in [3.63, 3.8) is 0 Å². The Hall–Kier alpha value is -2.24. The van der Waals surface area contributed by atoms with Crippen LogP contribution in [0.3, 0.4) is 0 Å². The molecule has 1 aromatic carbocycles. The number of aromatic nitrogens is 2. The molecule has 0 N–H and O–H groups in total. The number of halogens is 1. The molecular formula is C14H14FN3O2. The summed E-state index contributed by atoms with van der Waals surface area (Å²) in [5.74, 6) is -0.511. The van der Waals surface area contributed by atoms with Gasteiger partial charge in [0, 0.05) is 19.2 Å². The summed E-state index contributed by atoms with van der Waals surface area (Å²) in [6.45, 7) is 1.48. The van der Waals surface area contributed by atoms with Crippen molar-refractivity contribution in [2.45, 2.75) is 19.4 Å². The van der Waals surface area contributed by atoms with Crippen LogP contribution in [-0.4, -0.2) is 33.4 Å². The number of carbonyl (C=O) groups is 1. The number of carbonyl (C=O) groups excluding carboxylic acids is 1. The minimum atomic E-state index is -0.435. The predicted octanol–water partition coefficient (Wildman–Crippen LogP) is 1.16. The van der Waals surface area contributed by atoms with Crippen molar-refractivity contribution >= 4 is 16.8 Å². The van der Waals surface area contributed by atoms with E-state index in [1.807, 2.05) is 0 Å². The monoisotopic (exact) mass is 275 g/mol. The molecule has 20 heavy (non-hydrogen) atoms. The van der Waals surface area contributed by atoms with Gasteiger partial charge in [-0.15, -0.1) is 0 Å². The summed E-state index contributed by atoms with van der Waals surface area (Å²) < 4.78 is 14.4. The topological polar surface area (TPSA) is 55.2 Å². The molecular weight excluding hydrogens is 261 g/mol. The number of hydrogen-bond donors (Lipinski definition) is 0. The minimum absolute atomic E-state index is 0.0147. The minimum Gasteiger partial charge on any atom is -0.341 e. The van der Waals surface area contributed by atoms with Gasteiger partial charge in [0.1, 0.15) is 12.4 Å². The number of likely N-dealkylation sites (tertiary alicyclic amines) is 1. The molecule has 6 heteroatoms. The van der Waals surface area contributed by atoms with Crippen LogP contribution in [0.1, 0.15) is 12.8 Å². The average molecular weight is 275 g/mol. The second-order valence-electron chi connectivity index (χ2n) is 4.93. The molecule has 0 aliphatic carbocycles. The highest BCUT2D eigenvalue weighted by Crippen LogP contribution is 2.10. The van der Waals surface area contributed by atoms with Crippen LogP contribution in [0.4, 0.5) is 4.39 Å². The van der Waals surface area contributed by atoms with Gasteiger partial charge in [0.15, 0.2) is 0 Å². The van der Waals surface area contributed by atoms with E-state index in [4.69, 9.17) is 0 Å². The third-order valence-electron chi connectivity index (χ3n) is 3.55. The largest absolute Gasteiger partial charge is 0.341 e. The molecule has 2 heterocycles. The van der Waals surface area contributed by atoms with Gasteiger partial charge in [-0.3, -0.25) is 14.2 Å². The summed E-state index contributed by atoms with van der Waals surface area (Å²) in [4.78, 5) is 30.0. The summed E-state index contributed by atoms with van der Waals surface area (Å²) in [5.41, 5.74) is -0.0116. The van der Waals surface area contributed by atoms with E-state index >= 15 is 0 Å². The molecule has 0 radical (unpaired) electrons. The molecule has 1 aromatic heterocycles. The maximum atomic E-state index is 13.1. The fourth-order valence-corrected chi connectivity index (χ4v) is 2.46. The summed E-state index contributed by atoms with van der Waals surface area (Å²) in [6.07, 6.45) is 3.32. The fraction of sp³-hybridized carbons (Fsp3) is 0.357. The number of hydrogen-bond acceptors (Lipinski definition) is 3. The van der Waals surface area contributed by atoms with Crippen molar-refractivity contribution in [1.29, 1.82) is 0 Å². The third kappa shape index (κ3) is 2.29. The molecule has 0 spiro atoms. The van der Waals surface area contributed by atoms with E-state index in [1.54, 1.807) is 4.90 Å². The van der Waals surface area contributed by atoms with Crippen molar-refractivity contribution in [1.82, 2.24) is 14.5 Å². The highest BCUT2D eigenvalue weighted by atomic mass is 19.1. The zero-order chi connectivity index (χ0) is 14.1. The number of fused-ring (bicyclic) bond motifs is 1. The van der Waals surface area contributed by atoms with E-state index in [0.717, 1.165) is 25.9 Å². The van der Waals surface area contributed by atoms with Gasteiger partial charge in [-0.1, -0.05) is 0 Å². The van der Waals surface area contributed by atoms with Gasteiger partial charge < -0.3 is 4.90 Å². The van der Waals surface area contributed by atoms with Crippen LogP contribution in [0.2, 0.25) is 0 Å². The first kappa shape index (κ1) is 12.8. The van der Waals surface area contributed by atoms with Crippen LogP contribution in [0, 0.1) is 5.82 Å². The molecule has 1 aliphatic rings. The SMILES string of the molecule is O=C(Cn1cnc2cc(F)ccc2c1=O)N1CCCC1. The van der Waals surface area contributed by atoms with Crippen molar-refractivity contribution in [3.8, 4) is 0 Å². The number of rotatable bonds is 2. The molecule has 1 saturated heterocycles. The van der Waals surface area contributed by atoms with E-state index in [1.165, 1.54) is 29.1 Å². The van der Waals surface area contributed by atoms with Gasteiger partial charge in [-0.25, -0.2) is 9.37 Å². The molecule has 5 nitrogen and oxygen atoms in total. The lowest BCUT2D eigenvalue weighted by molar-refractivity contribution is -0.130. The van der Waals surface area contributed by atoms with Crippen LogP contribution < -0.4 is 5.56 Å².